The fourth-order valence-corrected chi connectivity index (χ4v) is 3.70. The van der Waals surface area contributed by atoms with Crippen molar-refractivity contribution in [1.82, 2.24) is 10.2 Å². The van der Waals surface area contributed by atoms with E-state index < -0.39 is 0 Å². The quantitative estimate of drug-likeness (QED) is 0.910. The second kappa shape index (κ2) is 6.10. The van der Waals surface area contributed by atoms with Gasteiger partial charge in [0.1, 0.15) is 0 Å². The summed E-state index contributed by atoms with van der Waals surface area (Å²) >= 11 is 0. The predicted molar refractivity (Wildman–Crippen MR) is 89.4 cm³/mol. The van der Waals surface area contributed by atoms with Crippen molar-refractivity contribution in [2.45, 2.75) is 64.6 Å². The Balaban J connectivity index is 1.71. The van der Waals surface area contributed by atoms with Crippen molar-refractivity contribution < 1.29 is 0 Å². The number of nitrogens with zero attached hydrogens (tertiary/aromatic N) is 1. The highest BCUT2D eigenvalue weighted by Crippen LogP contribution is 2.41. The third kappa shape index (κ3) is 3.49. The van der Waals surface area contributed by atoms with Crippen LogP contribution in [0.25, 0.3) is 0 Å². The number of hydrogen-bond donors (Lipinski definition) is 1. The largest absolute Gasteiger partial charge is 0.310 e. The lowest BCUT2D eigenvalue weighted by molar-refractivity contribution is 0.155. The monoisotopic (exact) mass is 286 g/mol. The molecule has 1 aliphatic heterocycles. The Morgan fingerprint density at radius 1 is 1.14 bits per heavy atom. The van der Waals surface area contributed by atoms with Gasteiger partial charge in [-0.05, 0) is 63.1 Å². The van der Waals surface area contributed by atoms with Crippen LogP contribution in [-0.4, -0.2) is 29.6 Å². The molecule has 2 unspecified atom stereocenters. The molecule has 1 saturated heterocycles. The molecule has 21 heavy (non-hydrogen) atoms. The van der Waals surface area contributed by atoms with Gasteiger partial charge in [0.2, 0.25) is 0 Å². The summed E-state index contributed by atoms with van der Waals surface area (Å²) in [7, 11) is 0. The molecule has 2 aliphatic rings. The summed E-state index contributed by atoms with van der Waals surface area (Å²) in [6, 6.07) is 9.88. The Bertz CT molecular complexity index is 463. The van der Waals surface area contributed by atoms with Crippen LogP contribution in [0.1, 0.15) is 51.2 Å². The van der Waals surface area contributed by atoms with E-state index >= 15 is 0 Å². The van der Waals surface area contributed by atoms with E-state index in [0.717, 1.165) is 18.9 Å². The van der Waals surface area contributed by atoms with Crippen molar-refractivity contribution >= 4 is 0 Å². The standard InChI is InChI=1S/C19H30N2/c1-4-16-5-7-17(8-6-16)13-21-14-19(3,18-9-10-18)20-12-11-15(21)2/h5-8,15,18,20H,4,9-14H2,1-3H3. The van der Waals surface area contributed by atoms with Crippen LogP contribution in [0.4, 0.5) is 0 Å². The first-order chi connectivity index (χ1) is 10.1. The summed E-state index contributed by atoms with van der Waals surface area (Å²) < 4.78 is 0. The Hall–Kier alpha value is -0.860. The van der Waals surface area contributed by atoms with Gasteiger partial charge in [0.05, 0.1) is 0 Å². The van der Waals surface area contributed by atoms with Crippen LogP contribution in [0.3, 0.4) is 0 Å². The summed E-state index contributed by atoms with van der Waals surface area (Å²) in [4.78, 5) is 2.69. The van der Waals surface area contributed by atoms with E-state index in [1.807, 2.05) is 0 Å². The van der Waals surface area contributed by atoms with Crippen molar-refractivity contribution in [3.8, 4) is 0 Å². The highest BCUT2D eigenvalue weighted by Gasteiger charge is 2.43. The lowest BCUT2D eigenvalue weighted by Crippen LogP contribution is -2.51. The third-order valence-corrected chi connectivity index (χ3v) is 5.54. The zero-order chi connectivity index (χ0) is 14.9. The molecule has 1 heterocycles. The smallest absolute Gasteiger partial charge is 0.0308 e. The number of aryl methyl sites for hydroxylation is 1. The molecule has 1 aromatic carbocycles. The second-order valence-corrected chi connectivity index (χ2v) is 7.33. The lowest BCUT2D eigenvalue weighted by Gasteiger charge is -2.36. The second-order valence-electron chi connectivity index (χ2n) is 7.33. The van der Waals surface area contributed by atoms with Crippen LogP contribution in [0.2, 0.25) is 0 Å². The zero-order valence-corrected chi connectivity index (χ0v) is 13.9. The van der Waals surface area contributed by atoms with Gasteiger partial charge in [-0.2, -0.15) is 0 Å². The van der Waals surface area contributed by atoms with Crippen LogP contribution in [0.15, 0.2) is 24.3 Å². The maximum absolute atomic E-state index is 3.84. The summed E-state index contributed by atoms with van der Waals surface area (Å²) in [6.07, 6.45) is 5.22. The maximum atomic E-state index is 3.84. The molecule has 3 rings (SSSR count). The molecule has 116 valence electrons. The van der Waals surface area contributed by atoms with Gasteiger partial charge >= 0.3 is 0 Å². The molecule has 0 spiro atoms. The van der Waals surface area contributed by atoms with E-state index in [1.165, 1.54) is 43.5 Å². The Morgan fingerprint density at radius 2 is 1.81 bits per heavy atom. The minimum Gasteiger partial charge on any atom is -0.310 e. The molecule has 0 aromatic heterocycles. The minimum absolute atomic E-state index is 0.327. The van der Waals surface area contributed by atoms with Crippen LogP contribution in [0, 0.1) is 5.92 Å². The number of nitrogens with one attached hydrogen (secondary N) is 1. The van der Waals surface area contributed by atoms with Gasteiger partial charge < -0.3 is 5.32 Å². The molecule has 1 saturated carbocycles. The number of rotatable bonds is 4. The first-order valence-electron chi connectivity index (χ1n) is 8.67. The molecular formula is C19H30N2. The van der Waals surface area contributed by atoms with E-state index in [1.54, 1.807) is 0 Å². The molecule has 0 radical (unpaired) electrons. The van der Waals surface area contributed by atoms with Crippen LogP contribution >= 0.6 is 0 Å². The average molecular weight is 286 g/mol. The Kier molecular flexibility index (Phi) is 4.37. The molecule has 2 nitrogen and oxygen atoms in total. The molecule has 2 fully saturated rings. The first kappa shape index (κ1) is 15.1. The number of hydrogen-bond acceptors (Lipinski definition) is 2. The van der Waals surface area contributed by atoms with Crippen molar-refractivity contribution in [2.24, 2.45) is 5.92 Å². The summed E-state index contributed by atoms with van der Waals surface area (Å²) in [6.45, 7) is 10.5. The normalized spacial score (nSPS) is 31.1. The van der Waals surface area contributed by atoms with Crippen LogP contribution in [-0.2, 0) is 13.0 Å². The van der Waals surface area contributed by atoms with E-state index in [-0.39, 0.29) is 0 Å². The van der Waals surface area contributed by atoms with Gasteiger partial charge in [0.15, 0.2) is 0 Å². The molecular weight excluding hydrogens is 256 g/mol. The van der Waals surface area contributed by atoms with Crippen LogP contribution in [0.5, 0.6) is 0 Å². The molecule has 2 heteroatoms. The zero-order valence-electron chi connectivity index (χ0n) is 13.9. The summed E-state index contributed by atoms with van der Waals surface area (Å²) in [5.41, 5.74) is 3.22. The highest BCUT2D eigenvalue weighted by molar-refractivity contribution is 5.22. The minimum atomic E-state index is 0.327. The lowest BCUT2D eigenvalue weighted by atomic mass is 9.95. The fourth-order valence-electron chi connectivity index (χ4n) is 3.70. The van der Waals surface area contributed by atoms with Crippen molar-refractivity contribution in [2.75, 3.05) is 13.1 Å². The average Bonchev–Trinajstić information content (AvgIpc) is 3.32. The van der Waals surface area contributed by atoms with Crippen molar-refractivity contribution in [3.05, 3.63) is 35.4 Å². The predicted octanol–water partition coefficient (Wildman–Crippen LogP) is 3.60. The van der Waals surface area contributed by atoms with E-state index in [0.29, 0.717) is 11.6 Å². The van der Waals surface area contributed by atoms with Gasteiger partial charge in [0.25, 0.3) is 0 Å². The SMILES string of the molecule is CCc1ccc(CN2CC(C)(C3CC3)NCCC2C)cc1. The van der Waals surface area contributed by atoms with Gasteiger partial charge in [-0.25, -0.2) is 0 Å². The molecule has 0 amide bonds. The van der Waals surface area contributed by atoms with Gasteiger partial charge in [-0.1, -0.05) is 31.2 Å². The van der Waals surface area contributed by atoms with E-state index in [2.05, 4.69) is 55.3 Å². The van der Waals surface area contributed by atoms with Gasteiger partial charge in [-0.15, -0.1) is 0 Å². The van der Waals surface area contributed by atoms with E-state index in [4.69, 9.17) is 0 Å². The summed E-state index contributed by atoms with van der Waals surface area (Å²) in [5.74, 6) is 0.896. The topological polar surface area (TPSA) is 15.3 Å². The maximum Gasteiger partial charge on any atom is 0.0308 e. The highest BCUT2D eigenvalue weighted by atomic mass is 15.2. The molecule has 0 bridgehead atoms. The molecule has 2 atom stereocenters. The molecule has 1 aromatic rings. The molecule has 1 aliphatic carbocycles. The Morgan fingerprint density at radius 3 is 2.43 bits per heavy atom. The van der Waals surface area contributed by atoms with Gasteiger partial charge in [-0.3, -0.25) is 4.90 Å². The van der Waals surface area contributed by atoms with Crippen molar-refractivity contribution in [1.29, 1.82) is 0 Å². The Labute approximate surface area is 129 Å². The van der Waals surface area contributed by atoms with Crippen LogP contribution < -0.4 is 5.32 Å². The third-order valence-electron chi connectivity index (χ3n) is 5.54. The first-order valence-corrected chi connectivity index (χ1v) is 8.67. The summed E-state index contributed by atoms with van der Waals surface area (Å²) in [5, 5.41) is 3.84. The molecule has 1 N–H and O–H groups in total. The fraction of sp³-hybridized carbons (Fsp3) is 0.684. The van der Waals surface area contributed by atoms with E-state index in [9.17, 15) is 0 Å². The number of benzene rings is 1. The van der Waals surface area contributed by atoms with Crippen molar-refractivity contribution in [3.63, 3.8) is 0 Å². The van der Waals surface area contributed by atoms with Gasteiger partial charge in [0, 0.05) is 24.7 Å².